The number of carbonyl (C=O) groups excluding carboxylic acids is 1. The van der Waals surface area contributed by atoms with Crippen LogP contribution >= 0.6 is 7.60 Å². The van der Waals surface area contributed by atoms with Gasteiger partial charge in [-0.05, 0) is 42.7 Å². The third-order valence-electron chi connectivity index (χ3n) is 5.29. The van der Waals surface area contributed by atoms with Crippen LogP contribution in [0.4, 0.5) is 10.2 Å². The molecule has 1 fully saturated rings. The van der Waals surface area contributed by atoms with Crippen molar-refractivity contribution in [1.82, 2.24) is 15.3 Å². The third-order valence-corrected chi connectivity index (χ3v) is 8.09. The Labute approximate surface area is 193 Å². The lowest BCUT2D eigenvalue weighted by Crippen LogP contribution is -2.39. The van der Waals surface area contributed by atoms with Crippen molar-refractivity contribution in [3.63, 3.8) is 0 Å². The molecule has 3 heterocycles. The normalized spacial score (nSPS) is 15.9. The fourth-order valence-electron chi connectivity index (χ4n) is 3.64. The molecular formula is C20H20FN4O7PS. The average Bonchev–Trinajstić information content (AvgIpc) is 2.78. The van der Waals surface area contributed by atoms with Gasteiger partial charge in [0.2, 0.25) is 10.0 Å². The van der Waals surface area contributed by atoms with Crippen LogP contribution in [-0.4, -0.2) is 51.5 Å². The molecule has 34 heavy (non-hydrogen) atoms. The molecule has 0 bridgehead atoms. The van der Waals surface area contributed by atoms with Crippen molar-refractivity contribution in [3.05, 3.63) is 53.6 Å². The van der Waals surface area contributed by atoms with Crippen LogP contribution in [0.25, 0.3) is 10.9 Å². The first kappa shape index (κ1) is 24.0. The topological polar surface area (TPSA) is 170 Å². The van der Waals surface area contributed by atoms with Crippen LogP contribution in [-0.2, 0) is 21.1 Å². The minimum atomic E-state index is -4.87. The number of amides is 1. The molecule has 1 aliphatic rings. The van der Waals surface area contributed by atoms with Gasteiger partial charge in [-0.2, -0.15) is 0 Å². The molecule has 0 radical (unpaired) electrons. The summed E-state index contributed by atoms with van der Waals surface area (Å²) in [5.41, 5.74) is -0.298. The summed E-state index contributed by atoms with van der Waals surface area (Å²) in [6.07, 6.45) is 2.46. The van der Waals surface area contributed by atoms with Crippen molar-refractivity contribution in [2.45, 2.75) is 19.4 Å². The first-order valence-electron chi connectivity index (χ1n) is 10.1. The van der Waals surface area contributed by atoms with E-state index in [0.29, 0.717) is 12.8 Å². The van der Waals surface area contributed by atoms with E-state index in [9.17, 15) is 37.1 Å². The maximum Gasteiger partial charge on any atom is 0.359 e. The predicted octanol–water partition coefficient (Wildman–Crippen LogP) is 1.14. The van der Waals surface area contributed by atoms with E-state index in [1.54, 1.807) is 6.07 Å². The van der Waals surface area contributed by atoms with E-state index in [2.05, 4.69) is 15.3 Å². The van der Waals surface area contributed by atoms with E-state index in [4.69, 9.17) is 0 Å². The molecule has 4 N–H and O–H groups in total. The number of aromatic hydroxyl groups is 1. The Morgan fingerprint density at radius 1 is 1.24 bits per heavy atom. The monoisotopic (exact) mass is 510 g/mol. The SMILES string of the molecule is O=C(NCc1ccc(F)c(P(=O)(O)O)c1)c1nc(N2CCCCS2(=O)=O)c2cccnc2c1O. The van der Waals surface area contributed by atoms with Gasteiger partial charge in [-0.3, -0.25) is 18.6 Å². The molecule has 1 aromatic carbocycles. The fourth-order valence-corrected chi connectivity index (χ4v) is 5.92. The highest BCUT2D eigenvalue weighted by Gasteiger charge is 2.31. The fraction of sp³-hybridized carbons (Fsp3) is 0.250. The summed E-state index contributed by atoms with van der Waals surface area (Å²) in [6.45, 7) is -0.114. The van der Waals surface area contributed by atoms with E-state index >= 15 is 0 Å². The van der Waals surface area contributed by atoms with E-state index in [0.717, 1.165) is 16.4 Å². The van der Waals surface area contributed by atoms with Crippen molar-refractivity contribution in [2.24, 2.45) is 0 Å². The number of benzene rings is 1. The molecule has 1 saturated heterocycles. The number of aromatic nitrogens is 2. The lowest BCUT2D eigenvalue weighted by atomic mass is 10.1. The summed E-state index contributed by atoms with van der Waals surface area (Å²) in [5.74, 6) is -2.64. The summed E-state index contributed by atoms with van der Waals surface area (Å²) in [5, 5.41) is 12.5. The molecule has 0 spiro atoms. The number of hydrogen-bond acceptors (Lipinski definition) is 7. The van der Waals surface area contributed by atoms with Gasteiger partial charge < -0.3 is 20.2 Å². The second-order valence-electron chi connectivity index (χ2n) is 7.64. The number of nitrogens with one attached hydrogen (secondary N) is 1. The quantitative estimate of drug-likeness (QED) is 0.368. The Bertz CT molecular complexity index is 1440. The first-order chi connectivity index (χ1) is 16.0. The Balaban J connectivity index is 1.70. The Hall–Kier alpha value is -3.12. The smallest absolute Gasteiger partial charge is 0.359 e. The molecule has 2 aromatic heterocycles. The van der Waals surface area contributed by atoms with Crippen LogP contribution in [0.15, 0.2) is 36.5 Å². The van der Waals surface area contributed by atoms with E-state index in [1.165, 1.54) is 18.3 Å². The van der Waals surface area contributed by atoms with E-state index in [1.807, 2.05) is 0 Å². The Morgan fingerprint density at radius 3 is 2.71 bits per heavy atom. The van der Waals surface area contributed by atoms with Crippen molar-refractivity contribution in [3.8, 4) is 5.75 Å². The second-order valence-corrected chi connectivity index (χ2v) is 11.2. The van der Waals surface area contributed by atoms with Crippen molar-refractivity contribution in [1.29, 1.82) is 0 Å². The standard InChI is InChI=1S/C20H20FN4O7PS/c21-14-6-5-12(10-15(14)33(28,29)30)11-23-20(27)17-18(26)16-13(4-3-7-22-16)19(24-17)25-8-1-2-9-34(25,31)32/h3-7,10,26H,1-2,8-9,11H2,(H,23,27)(H2,28,29,30). The molecule has 4 rings (SSSR count). The lowest BCUT2D eigenvalue weighted by molar-refractivity contribution is 0.0943. The van der Waals surface area contributed by atoms with Gasteiger partial charge in [-0.15, -0.1) is 0 Å². The zero-order chi connectivity index (χ0) is 24.7. The molecule has 1 aliphatic heterocycles. The molecule has 0 aliphatic carbocycles. The van der Waals surface area contributed by atoms with Gasteiger partial charge in [-0.25, -0.2) is 17.8 Å². The van der Waals surface area contributed by atoms with Gasteiger partial charge in [0.15, 0.2) is 17.3 Å². The number of sulfonamides is 1. The molecule has 180 valence electrons. The van der Waals surface area contributed by atoms with Crippen LogP contribution in [0.3, 0.4) is 0 Å². The summed E-state index contributed by atoms with van der Waals surface area (Å²) >= 11 is 0. The van der Waals surface area contributed by atoms with E-state index in [-0.39, 0.29) is 41.1 Å². The summed E-state index contributed by atoms with van der Waals surface area (Å²) in [4.78, 5) is 39.6. The van der Waals surface area contributed by atoms with Gasteiger partial charge in [0.25, 0.3) is 5.91 Å². The van der Waals surface area contributed by atoms with Crippen molar-refractivity contribution >= 4 is 45.6 Å². The Morgan fingerprint density at radius 2 is 2.00 bits per heavy atom. The van der Waals surface area contributed by atoms with Gasteiger partial charge in [0.1, 0.15) is 11.3 Å². The van der Waals surface area contributed by atoms with Gasteiger partial charge in [0, 0.05) is 24.7 Å². The molecule has 0 saturated carbocycles. The molecule has 14 heteroatoms. The number of fused-ring (bicyclic) bond motifs is 1. The van der Waals surface area contributed by atoms with Gasteiger partial charge in [-0.1, -0.05) is 6.07 Å². The zero-order valence-electron chi connectivity index (χ0n) is 17.5. The largest absolute Gasteiger partial charge is 0.504 e. The minimum absolute atomic E-state index is 0.0102. The number of anilines is 1. The summed E-state index contributed by atoms with van der Waals surface area (Å²) in [7, 11) is -8.55. The van der Waals surface area contributed by atoms with Crippen LogP contribution in [0.1, 0.15) is 28.9 Å². The highest BCUT2D eigenvalue weighted by molar-refractivity contribution is 7.92. The molecule has 3 aromatic rings. The number of rotatable bonds is 5. The number of pyridine rings is 2. The molecule has 0 unspecified atom stereocenters. The summed E-state index contributed by atoms with van der Waals surface area (Å²) in [6, 6.07) is 6.12. The molecular weight excluding hydrogens is 490 g/mol. The minimum Gasteiger partial charge on any atom is -0.504 e. The van der Waals surface area contributed by atoms with Crippen molar-refractivity contribution < 1.29 is 37.1 Å². The average molecular weight is 510 g/mol. The second kappa shape index (κ2) is 8.91. The van der Waals surface area contributed by atoms with Gasteiger partial charge in [0.05, 0.1) is 11.1 Å². The maximum atomic E-state index is 13.7. The zero-order valence-corrected chi connectivity index (χ0v) is 19.3. The number of halogens is 1. The maximum absolute atomic E-state index is 13.7. The van der Waals surface area contributed by atoms with Gasteiger partial charge >= 0.3 is 7.60 Å². The Kier molecular flexibility index (Phi) is 6.30. The van der Waals surface area contributed by atoms with Crippen LogP contribution < -0.4 is 14.9 Å². The third kappa shape index (κ3) is 4.60. The highest BCUT2D eigenvalue weighted by Crippen LogP contribution is 2.36. The van der Waals surface area contributed by atoms with Crippen molar-refractivity contribution in [2.75, 3.05) is 16.6 Å². The van der Waals surface area contributed by atoms with Crippen LogP contribution in [0.2, 0.25) is 0 Å². The first-order valence-corrected chi connectivity index (χ1v) is 13.3. The molecule has 0 atom stereocenters. The van der Waals surface area contributed by atoms with E-state index < -0.39 is 46.1 Å². The predicted molar refractivity (Wildman–Crippen MR) is 121 cm³/mol. The molecule has 11 nitrogen and oxygen atoms in total. The summed E-state index contributed by atoms with van der Waals surface area (Å²) < 4.78 is 51.6. The lowest BCUT2D eigenvalue weighted by Gasteiger charge is -2.28. The van der Waals surface area contributed by atoms with Crippen LogP contribution in [0, 0.1) is 5.82 Å². The number of carbonyl (C=O) groups is 1. The number of hydrogen-bond donors (Lipinski definition) is 4. The molecule has 1 amide bonds. The number of nitrogens with zero attached hydrogens (tertiary/aromatic N) is 3. The van der Waals surface area contributed by atoms with Crippen LogP contribution in [0.5, 0.6) is 5.75 Å². The highest BCUT2D eigenvalue weighted by atomic mass is 32.2.